The van der Waals surface area contributed by atoms with Crippen LogP contribution in [0, 0.1) is 6.92 Å². The minimum atomic E-state index is -0.0254. The number of nitrogens with two attached hydrogens (primary N) is 1. The molecule has 0 fully saturated rings. The van der Waals surface area contributed by atoms with E-state index in [4.69, 9.17) is 10.8 Å². The fourth-order valence-corrected chi connectivity index (χ4v) is 2.01. The van der Waals surface area contributed by atoms with Gasteiger partial charge in [0.25, 0.3) is 0 Å². The Hall–Kier alpha value is -1.59. The Morgan fingerprint density at radius 3 is 2.75 bits per heavy atom. The number of aliphatic hydroxyl groups is 1. The van der Waals surface area contributed by atoms with Crippen molar-refractivity contribution >= 4 is 17.3 Å². The van der Waals surface area contributed by atoms with Gasteiger partial charge < -0.3 is 16.2 Å². The van der Waals surface area contributed by atoms with E-state index < -0.39 is 0 Å². The predicted octanol–water partition coefficient (Wildman–Crippen LogP) is 1.61. The Labute approximate surface area is 120 Å². The highest BCUT2D eigenvalue weighted by molar-refractivity contribution is 5.93. The molecule has 20 heavy (non-hydrogen) atoms. The molecule has 0 unspecified atom stereocenters. The molecule has 0 heterocycles. The van der Waals surface area contributed by atoms with Gasteiger partial charge in [0.2, 0.25) is 5.91 Å². The summed E-state index contributed by atoms with van der Waals surface area (Å²) >= 11 is 0. The molecule has 0 saturated heterocycles. The smallest absolute Gasteiger partial charge is 0.238 e. The molecule has 0 aromatic heterocycles. The van der Waals surface area contributed by atoms with Crippen LogP contribution >= 0.6 is 0 Å². The van der Waals surface area contributed by atoms with Crippen LogP contribution in [-0.4, -0.2) is 42.7 Å². The number of rotatable bonds is 8. The molecule has 0 saturated carbocycles. The minimum Gasteiger partial charge on any atom is -0.399 e. The Kier molecular flexibility index (Phi) is 7.04. The summed E-state index contributed by atoms with van der Waals surface area (Å²) in [5.74, 6) is -0.0254. The molecule has 1 aromatic rings. The molecular formula is C15H25N3O2. The van der Waals surface area contributed by atoms with Gasteiger partial charge in [0.15, 0.2) is 0 Å². The first-order valence-corrected chi connectivity index (χ1v) is 6.98. The van der Waals surface area contributed by atoms with E-state index in [0.717, 1.165) is 37.1 Å². The lowest BCUT2D eigenvalue weighted by atomic mass is 10.2. The van der Waals surface area contributed by atoms with Crippen molar-refractivity contribution < 1.29 is 9.90 Å². The Bertz CT molecular complexity index is 435. The number of nitrogens with zero attached hydrogens (tertiary/aromatic N) is 1. The molecule has 0 atom stereocenters. The molecule has 0 spiro atoms. The van der Waals surface area contributed by atoms with E-state index in [-0.39, 0.29) is 12.5 Å². The summed E-state index contributed by atoms with van der Waals surface area (Å²) in [4.78, 5) is 13.9. The highest BCUT2D eigenvalue weighted by Gasteiger charge is 2.08. The summed E-state index contributed by atoms with van der Waals surface area (Å²) in [5.41, 5.74) is 8.14. The maximum Gasteiger partial charge on any atom is 0.238 e. The van der Waals surface area contributed by atoms with Gasteiger partial charge in [0, 0.05) is 18.0 Å². The number of carbonyl (C=O) groups excluding carboxylic acids is 1. The van der Waals surface area contributed by atoms with E-state index in [1.54, 1.807) is 6.07 Å². The molecule has 0 aliphatic rings. The van der Waals surface area contributed by atoms with Crippen molar-refractivity contribution in [3.8, 4) is 0 Å². The van der Waals surface area contributed by atoms with Gasteiger partial charge in [-0.25, -0.2) is 0 Å². The van der Waals surface area contributed by atoms with E-state index in [2.05, 4.69) is 5.32 Å². The van der Waals surface area contributed by atoms with Crippen LogP contribution in [0.15, 0.2) is 18.2 Å². The number of aliphatic hydroxyl groups excluding tert-OH is 1. The molecular weight excluding hydrogens is 254 g/mol. The summed E-state index contributed by atoms with van der Waals surface area (Å²) in [6.07, 6.45) is 2.80. The number of nitrogens with one attached hydrogen (secondary N) is 1. The van der Waals surface area contributed by atoms with E-state index in [1.807, 2.05) is 31.0 Å². The topological polar surface area (TPSA) is 78.6 Å². The molecule has 1 aromatic carbocycles. The summed E-state index contributed by atoms with van der Waals surface area (Å²) in [7, 11) is 1.92. The lowest BCUT2D eigenvalue weighted by Crippen LogP contribution is -2.31. The van der Waals surface area contributed by atoms with Crippen molar-refractivity contribution in [1.82, 2.24) is 4.90 Å². The number of likely N-dealkylation sites (N-methyl/N-ethyl adjacent to an activating group) is 1. The van der Waals surface area contributed by atoms with Gasteiger partial charge in [-0.2, -0.15) is 0 Å². The number of unbranched alkanes of at least 4 members (excludes halogenated alkanes) is 2. The van der Waals surface area contributed by atoms with E-state index in [1.165, 1.54) is 0 Å². The summed E-state index contributed by atoms with van der Waals surface area (Å²) < 4.78 is 0. The Morgan fingerprint density at radius 1 is 1.35 bits per heavy atom. The number of hydrogen-bond donors (Lipinski definition) is 3. The maximum atomic E-state index is 11.9. The zero-order chi connectivity index (χ0) is 15.0. The van der Waals surface area contributed by atoms with Crippen LogP contribution in [0.1, 0.15) is 24.8 Å². The van der Waals surface area contributed by atoms with Gasteiger partial charge in [-0.3, -0.25) is 9.69 Å². The van der Waals surface area contributed by atoms with Crippen LogP contribution in [-0.2, 0) is 4.79 Å². The van der Waals surface area contributed by atoms with Crippen molar-refractivity contribution in [2.75, 3.05) is 37.8 Å². The molecule has 0 aliphatic carbocycles. The molecule has 0 bridgehead atoms. The standard InChI is InChI=1S/C15H25N3O2/c1-12-10-13(16)6-7-14(12)17-15(20)11-18(2)8-4-3-5-9-19/h6-7,10,19H,3-5,8-9,11,16H2,1-2H3,(H,17,20). The zero-order valence-electron chi connectivity index (χ0n) is 12.4. The lowest BCUT2D eigenvalue weighted by molar-refractivity contribution is -0.117. The maximum absolute atomic E-state index is 11.9. The number of amides is 1. The van der Waals surface area contributed by atoms with Crippen molar-refractivity contribution in [3.05, 3.63) is 23.8 Å². The normalized spacial score (nSPS) is 10.8. The van der Waals surface area contributed by atoms with Crippen molar-refractivity contribution in [1.29, 1.82) is 0 Å². The lowest BCUT2D eigenvalue weighted by Gasteiger charge is -2.16. The number of benzene rings is 1. The molecule has 1 amide bonds. The molecule has 1 rings (SSSR count). The van der Waals surface area contributed by atoms with Crippen molar-refractivity contribution in [3.63, 3.8) is 0 Å². The third-order valence-electron chi connectivity index (χ3n) is 3.14. The number of anilines is 2. The first-order chi connectivity index (χ1) is 9.52. The number of aryl methyl sites for hydroxylation is 1. The van der Waals surface area contributed by atoms with Gasteiger partial charge >= 0.3 is 0 Å². The SMILES string of the molecule is Cc1cc(N)ccc1NC(=O)CN(C)CCCCCO. The Morgan fingerprint density at radius 2 is 2.10 bits per heavy atom. The number of nitrogen functional groups attached to an aromatic ring is 1. The quantitative estimate of drug-likeness (QED) is 0.499. The van der Waals surface area contributed by atoms with Crippen LogP contribution in [0.2, 0.25) is 0 Å². The van der Waals surface area contributed by atoms with Crippen LogP contribution in [0.5, 0.6) is 0 Å². The van der Waals surface area contributed by atoms with Crippen LogP contribution in [0.25, 0.3) is 0 Å². The van der Waals surface area contributed by atoms with Crippen LogP contribution < -0.4 is 11.1 Å². The third-order valence-corrected chi connectivity index (χ3v) is 3.14. The molecule has 5 heteroatoms. The number of carbonyl (C=O) groups is 1. The first-order valence-electron chi connectivity index (χ1n) is 6.98. The summed E-state index contributed by atoms with van der Waals surface area (Å²) in [5, 5.41) is 11.6. The molecule has 4 N–H and O–H groups in total. The van der Waals surface area contributed by atoms with Gasteiger partial charge in [-0.1, -0.05) is 0 Å². The van der Waals surface area contributed by atoms with Crippen molar-refractivity contribution in [2.45, 2.75) is 26.2 Å². The van der Waals surface area contributed by atoms with E-state index in [0.29, 0.717) is 12.2 Å². The van der Waals surface area contributed by atoms with Gasteiger partial charge in [0.05, 0.1) is 6.54 Å². The zero-order valence-corrected chi connectivity index (χ0v) is 12.4. The van der Waals surface area contributed by atoms with Crippen LogP contribution in [0.3, 0.4) is 0 Å². The largest absolute Gasteiger partial charge is 0.399 e. The average molecular weight is 279 g/mol. The minimum absolute atomic E-state index is 0.0254. The fourth-order valence-electron chi connectivity index (χ4n) is 2.01. The monoisotopic (exact) mass is 279 g/mol. The van der Waals surface area contributed by atoms with Gasteiger partial charge in [0.1, 0.15) is 0 Å². The molecule has 0 radical (unpaired) electrons. The van der Waals surface area contributed by atoms with Gasteiger partial charge in [-0.15, -0.1) is 0 Å². The molecule has 112 valence electrons. The second-order valence-corrected chi connectivity index (χ2v) is 5.14. The van der Waals surface area contributed by atoms with Gasteiger partial charge in [-0.05, 0) is 63.5 Å². The summed E-state index contributed by atoms with van der Waals surface area (Å²) in [6, 6.07) is 5.44. The van der Waals surface area contributed by atoms with E-state index >= 15 is 0 Å². The molecule has 0 aliphatic heterocycles. The molecule has 5 nitrogen and oxygen atoms in total. The fraction of sp³-hybridized carbons (Fsp3) is 0.533. The highest BCUT2D eigenvalue weighted by Crippen LogP contribution is 2.17. The highest BCUT2D eigenvalue weighted by atomic mass is 16.2. The van der Waals surface area contributed by atoms with Crippen molar-refractivity contribution in [2.24, 2.45) is 0 Å². The number of hydrogen-bond acceptors (Lipinski definition) is 4. The van der Waals surface area contributed by atoms with E-state index in [9.17, 15) is 4.79 Å². The predicted molar refractivity (Wildman–Crippen MR) is 82.7 cm³/mol. The second kappa shape index (κ2) is 8.55. The summed E-state index contributed by atoms with van der Waals surface area (Å²) in [6.45, 7) is 3.38. The second-order valence-electron chi connectivity index (χ2n) is 5.14. The average Bonchev–Trinajstić information content (AvgIpc) is 2.38. The Balaban J connectivity index is 2.35. The first kappa shape index (κ1) is 16.5. The van der Waals surface area contributed by atoms with Crippen LogP contribution in [0.4, 0.5) is 11.4 Å². The third kappa shape index (κ3) is 6.04.